The molecule has 3 aromatic rings. The number of rotatable bonds is 11. The highest BCUT2D eigenvalue weighted by molar-refractivity contribution is 6.33. The fourth-order valence-corrected chi connectivity index (χ4v) is 3.24. The molecule has 0 fully saturated rings. The van der Waals surface area contributed by atoms with Gasteiger partial charge in [-0.1, -0.05) is 11.6 Å². The Labute approximate surface area is 223 Å². The van der Waals surface area contributed by atoms with Crippen molar-refractivity contribution in [3.63, 3.8) is 0 Å². The first-order valence-corrected chi connectivity index (χ1v) is 11.6. The summed E-state index contributed by atoms with van der Waals surface area (Å²) in [6.45, 7) is 1.70. The molecule has 0 aliphatic heterocycles. The smallest absolute Gasteiger partial charge is 0.408 e. The Morgan fingerprint density at radius 1 is 1.13 bits per heavy atom. The topological polar surface area (TPSA) is 151 Å². The number of nitrogens with zero attached hydrogens (tertiary/aromatic N) is 4. The highest BCUT2D eigenvalue weighted by Crippen LogP contribution is 2.39. The number of fused-ring (bicyclic) bond motifs is 1. The van der Waals surface area contributed by atoms with Crippen LogP contribution in [0.3, 0.4) is 0 Å². The molecule has 0 spiro atoms. The monoisotopic (exact) mass is 582 g/mol. The summed E-state index contributed by atoms with van der Waals surface area (Å²) in [4.78, 5) is 26.9. The molecule has 1 atom stereocenters. The Balaban J connectivity index is 0.000000580. The predicted molar refractivity (Wildman–Crippen MR) is 129 cm³/mol. The molecule has 0 saturated heterocycles. The number of alkyl halides is 3. The van der Waals surface area contributed by atoms with Crippen molar-refractivity contribution in [3.8, 4) is 16.9 Å². The maximum absolute atomic E-state index is 14.9. The van der Waals surface area contributed by atoms with Gasteiger partial charge in [-0.2, -0.15) is 32.8 Å². The lowest BCUT2D eigenvalue weighted by atomic mass is 10.1. The van der Waals surface area contributed by atoms with Gasteiger partial charge in [0, 0.05) is 12.1 Å². The highest BCUT2D eigenvalue weighted by Gasteiger charge is 2.37. The first-order chi connectivity index (χ1) is 18.3. The van der Waals surface area contributed by atoms with E-state index in [1.54, 1.807) is 7.05 Å². The van der Waals surface area contributed by atoms with Crippen LogP contribution >= 0.6 is 11.6 Å². The number of anilines is 1. The van der Waals surface area contributed by atoms with Crippen molar-refractivity contribution in [1.82, 2.24) is 24.9 Å². The number of aliphatic carboxylic acids is 2. The molecule has 1 unspecified atom stereocenters. The van der Waals surface area contributed by atoms with Gasteiger partial charge in [0.05, 0.1) is 30.6 Å². The molecule has 0 aliphatic carbocycles. The zero-order valence-electron chi connectivity index (χ0n) is 20.5. The van der Waals surface area contributed by atoms with Gasteiger partial charge in [-0.15, -0.1) is 0 Å². The van der Waals surface area contributed by atoms with Gasteiger partial charge < -0.3 is 25.6 Å². The molecule has 0 bridgehead atoms. The Morgan fingerprint density at radius 3 is 2.23 bits per heavy atom. The molecule has 1 aromatic carbocycles. The van der Waals surface area contributed by atoms with Crippen LogP contribution in [0.1, 0.15) is 26.2 Å². The van der Waals surface area contributed by atoms with E-state index in [0.29, 0.717) is 13.0 Å². The maximum Gasteiger partial charge on any atom is 0.408 e. The first-order valence-electron chi connectivity index (χ1n) is 11.2. The normalized spacial score (nSPS) is 12.0. The van der Waals surface area contributed by atoms with Gasteiger partial charge in [-0.25, -0.2) is 8.78 Å². The summed E-state index contributed by atoms with van der Waals surface area (Å²) in [6, 6.07) is -0.231. The van der Waals surface area contributed by atoms with Crippen LogP contribution in [0.2, 0.25) is 5.15 Å². The average molecular weight is 583 g/mol. The van der Waals surface area contributed by atoms with Crippen LogP contribution in [0, 0.1) is 11.6 Å². The summed E-state index contributed by atoms with van der Waals surface area (Å²) in [5, 5.41) is 24.2. The summed E-state index contributed by atoms with van der Waals surface area (Å²) in [5.41, 5.74) is -1.10. The van der Waals surface area contributed by atoms with Gasteiger partial charge in [0.2, 0.25) is 0 Å². The van der Waals surface area contributed by atoms with Crippen molar-refractivity contribution in [2.75, 3.05) is 25.5 Å². The lowest BCUT2D eigenvalue weighted by Crippen LogP contribution is -2.34. The van der Waals surface area contributed by atoms with Crippen LogP contribution in [0.25, 0.3) is 16.9 Å². The van der Waals surface area contributed by atoms with Crippen LogP contribution in [0.4, 0.5) is 27.8 Å². The van der Waals surface area contributed by atoms with Gasteiger partial charge in [0.1, 0.15) is 40.7 Å². The van der Waals surface area contributed by atoms with E-state index in [1.165, 1.54) is 0 Å². The highest BCUT2D eigenvalue weighted by atomic mass is 35.5. The fourth-order valence-electron chi connectivity index (χ4n) is 2.98. The Morgan fingerprint density at radius 2 is 1.72 bits per heavy atom. The lowest BCUT2D eigenvalue weighted by molar-refractivity contribution is -0.143. The van der Waals surface area contributed by atoms with Gasteiger partial charge >= 0.3 is 18.1 Å². The second-order valence-corrected chi connectivity index (χ2v) is 8.22. The number of hydrogen-bond donors (Lipinski definition) is 4. The average Bonchev–Trinajstić information content (AvgIpc) is 3.29. The van der Waals surface area contributed by atoms with E-state index < -0.39 is 57.9 Å². The number of aromatic nitrogens is 4. The second-order valence-electron chi connectivity index (χ2n) is 7.86. The zero-order chi connectivity index (χ0) is 29.3. The summed E-state index contributed by atoms with van der Waals surface area (Å²) in [7, 11) is 1.75. The van der Waals surface area contributed by atoms with Crippen LogP contribution in [0.5, 0.6) is 5.75 Å². The third-order valence-corrected chi connectivity index (χ3v) is 5.16. The van der Waals surface area contributed by atoms with E-state index in [1.807, 2.05) is 0 Å². The van der Waals surface area contributed by atoms with E-state index in [2.05, 4.69) is 25.7 Å². The van der Waals surface area contributed by atoms with Crippen molar-refractivity contribution in [1.29, 1.82) is 0 Å². The molecule has 2 heterocycles. The van der Waals surface area contributed by atoms with Crippen LogP contribution < -0.4 is 15.4 Å². The van der Waals surface area contributed by atoms with Gasteiger partial charge in [0.25, 0.3) is 5.78 Å². The molecule has 0 aliphatic rings. The minimum Gasteiger partial charge on any atom is -0.493 e. The predicted octanol–water partition coefficient (Wildman–Crippen LogP) is 4.01. The maximum atomic E-state index is 14.9. The van der Waals surface area contributed by atoms with Crippen molar-refractivity contribution in [2.45, 2.75) is 38.4 Å². The van der Waals surface area contributed by atoms with Crippen molar-refractivity contribution in [3.05, 3.63) is 35.2 Å². The summed E-state index contributed by atoms with van der Waals surface area (Å²) < 4.78 is 75.5. The van der Waals surface area contributed by atoms with E-state index in [9.17, 15) is 31.5 Å². The fraction of sp³-hybridized carbons (Fsp3) is 0.409. The molecule has 11 nitrogen and oxygen atoms in total. The number of carboxylic acid groups (broad SMARTS) is 2. The SMILES string of the molecule is CNCCCOc1cc(F)c(-c2c(Cl)nc3ncnn3c2NC(C)C(F)(F)F)c(F)c1.O=C(O)CCC(=O)O. The molecule has 0 radical (unpaired) electrons. The number of ether oxygens (including phenoxy) is 1. The van der Waals surface area contributed by atoms with Gasteiger partial charge in [0.15, 0.2) is 0 Å². The molecule has 0 saturated carbocycles. The van der Waals surface area contributed by atoms with Crippen LogP contribution in [0.15, 0.2) is 18.5 Å². The number of carbonyl (C=O) groups is 2. The van der Waals surface area contributed by atoms with E-state index >= 15 is 0 Å². The van der Waals surface area contributed by atoms with E-state index in [0.717, 1.165) is 29.9 Å². The molecule has 2 aromatic heterocycles. The summed E-state index contributed by atoms with van der Waals surface area (Å²) in [6.07, 6.45) is -3.61. The molecule has 39 heavy (non-hydrogen) atoms. The van der Waals surface area contributed by atoms with Crippen molar-refractivity contribution in [2.24, 2.45) is 0 Å². The number of nitrogens with one attached hydrogen (secondary N) is 2. The third-order valence-electron chi connectivity index (χ3n) is 4.89. The number of benzene rings is 1. The Kier molecular flexibility index (Phi) is 11.2. The largest absolute Gasteiger partial charge is 0.493 e. The van der Waals surface area contributed by atoms with Gasteiger partial charge in [-0.05, 0) is 26.9 Å². The lowest BCUT2D eigenvalue weighted by Gasteiger charge is -2.21. The molecule has 4 N–H and O–H groups in total. The zero-order valence-corrected chi connectivity index (χ0v) is 21.3. The molecule has 17 heteroatoms. The molecule has 214 valence electrons. The molecule has 3 rings (SSSR count). The standard InChI is InChI=1S/C18H18ClF5N6O.C4H6O4/c1-9(18(22,23)24)28-16-14(15(19)29-17-26-8-27-30(16)17)13-11(20)6-10(7-12(13)21)31-5-3-4-25-2;5-3(6)1-2-4(7)8/h6-9,25,28H,3-5H2,1-2H3;1-2H2,(H,5,6)(H,7,8). The summed E-state index contributed by atoms with van der Waals surface area (Å²) >= 11 is 6.11. The Hall–Kier alpha value is -3.79. The van der Waals surface area contributed by atoms with Crippen molar-refractivity contribution < 1.29 is 46.5 Å². The minimum absolute atomic E-state index is 0.0704. The van der Waals surface area contributed by atoms with Gasteiger partial charge in [-0.3, -0.25) is 9.59 Å². The van der Waals surface area contributed by atoms with E-state index in [4.69, 9.17) is 26.6 Å². The third kappa shape index (κ3) is 8.88. The first kappa shape index (κ1) is 31.4. The second kappa shape index (κ2) is 13.8. The van der Waals surface area contributed by atoms with E-state index in [-0.39, 0.29) is 31.0 Å². The molecular formula is C22H24ClF5N6O5. The number of hydrogen-bond acceptors (Lipinski definition) is 8. The van der Waals surface area contributed by atoms with Crippen LogP contribution in [-0.2, 0) is 9.59 Å². The number of carboxylic acids is 2. The van der Waals surface area contributed by atoms with Crippen molar-refractivity contribution >= 4 is 35.1 Å². The van der Waals surface area contributed by atoms with Crippen LogP contribution in [-0.4, -0.2) is 74.2 Å². The molecular weight excluding hydrogens is 559 g/mol. The number of halogens is 6. The minimum atomic E-state index is -4.65. The summed E-state index contributed by atoms with van der Waals surface area (Å²) in [5.74, 6) is -4.95. The molecule has 0 amide bonds. The Bertz CT molecular complexity index is 1270. The quantitative estimate of drug-likeness (QED) is 0.148.